The van der Waals surface area contributed by atoms with Gasteiger partial charge in [-0.05, 0) is 72.0 Å². The molecule has 3 heterocycles. The molecule has 0 saturated heterocycles. The van der Waals surface area contributed by atoms with Gasteiger partial charge < -0.3 is 16.8 Å². The zero-order valence-corrected chi connectivity index (χ0v) is 31.2. The Bertz CT molecular complexity index is 2690. The fourth-order valence-corrected chi connectivity index (χ4v) is 8.09. The summed E-state index contributed by atoms with van der Waals surface area (Å²) in [6.45, 7) is 1.09. The van der Waals surface area contributed by atoms with E-state index in [2.05, 4.69) is 20.4 Å². The molecule has 1 aliphatic rings. The van der Waals surface area contributed by atoms with Gasteiger partial charge in [-0.3, -0.25) is 19.1 Å². The predicted molar refractivity (Wildman–Crippen MR) is 195 cm³/mol. The Morgan fingerprint density at radius 3 is 2.05 bits per heavy atom. The van der Waals surface area contributed by atoms with E-state index < -0.39 is 112 Å². The molecular weight excluding hydrogens is 818 g/mol. The molecule has 0 saturated carbocycles. The largest absolute Gasteiger partial charge is 0.435 e. The van der Waals surface area contributed by atoms with Gasteiger partial charge >= 0.3 is 6.18 Å². The summed E-state index contributed by atoms with van der Waals surface area (Å²) >= 11 is 0.984. The molecule has 0 radical (unpaired) electrons. The van der Waals surface area contributed by atoms with Crippen molar-refractivity contribution in [3.63, 3.8) is 0 Å². The van der Waals surface area contributed by atoms with Crippen molar-refractivity contribution in [3.05, 3.63) is 123 Å². The van der Waals surface area contributed by atoms with Gasteiger partial charge in [-0.25, -0.2) is 27.5 Å². The number of hydrogen-bond donors (Lipinski definition) is 3. The number of halogens is 9. The van der Waals surface area contributed by atoms with Crippen molar-refractivity contribution < 1.29 is 53.9 Å². The minimum absolute atomic E-state index is 0.0436. The number of nitrogens with two attached hydrogens (primary N) is 2. The fourth-order valence-electron chi connectivity index (χ4n) is 7.15. The Morgan fingerprint density at radius 1 is 0.864 bits per heavy atom. The van der Waals surface area contributed by atoms with E-state index in [1.54, 1.807) is 0 Å². The smallest absolute Gasteiger partial charge is 0.366 e. The molecule has 6 aromatic rings. The second-order valence-corrected chi connectivity index (χ2v) is 15.0. The maximum absolute atomic E-state index is 15.5. The number of hydrogen-bond acceptors (Lipinski definition) is 7. The number of fused-ring (bicyclic) bond motifs is 2. The molecule has 3 atom stereocenters. The third-order valence-electron chi connectivity index (χ3n) is 10.1. The Hall–Kier alpha value is -6.31. The molecule has 3 aromatic carbocycles. The summed E-state index contributed by atoms with van der Waals surface area (Å²) in [5.41, 5.74) is 6.39. The van der Waals surface area contributed by atoms with Crippen molar-refractivity contribution in [3.8, 4) is 21.7 Å². The molecule has 0 aliphatic heterocycles. The lowest BCUT2D eigenvalue weighted by Gasteiger charge is -2.23. The van der Waals surface area contributed by atoms with Crippen molar-refractivity contribution >= 4 is 39.4 Å². The summed E-state index contributed by atoms with van der Waals surface area (Å²) in [7, 11) is 0. The first-order valence-electron chi connectivity index (χ1n) is 17.5. The van der Waals surface area contributed by atoms with E-state index in [1.165, 1.54) is 25.1 Å². The van der Waals surface area contributed by atoms with Gasteiger partial charge in [0.2, 0.25) is 5.91 Å². The number of nitrogens with zero attached hydrogens (tertiary/aromatic N) is 4. The maximum atomic E-state index is 15.5. The van der Waals surface area contributed by atoms with Crippen molar-refractivity contribution in [2.24, 2.45) is 17.4 Å². The van der Waals surface area contributed by atoms with Gasteiger partial charge in [-0.2, -0.15) is 27.1 Å². The lowest BCUT2D eigenvalue weighted by atomic mass is 9.94. The molecule has 20 heteroatoms. The number of amides is 3. The number of nitrogens with one attached hydrogen (secondary N) is 1. The molecule has 10 nitrogen and oxygen atoms in total. The number of pyridine rings is 1. The number of carbonyl (C=O) groups is 3. The van der Waals surface area contributed by atoms with Gasteiger partial charge in [0, 0.05) is 28.7 Å². The second-order valence-electron chi connectivity index (χ2n) is 13.9. The van der Waals surface area contributed by atoms with E-state index in [0.29, 0.717) is 10.8 Å². The fraction of sp³-hybridized carbons (Fsp3) is 0.231. The molecule has 306 valence electrons. The van der Waals surface area contributed by atoms with Gasteiger partial charge in [-0.15, -0.1) is 11.3 Å². The Labute approximate surface area is 331 Å². The highest BCUT2D eigenvalue weighted by Gasteiger charge is 2.57. The molecule has 59 heavy (non-hydrogen) atoms. The number of primary amides is 2. The van der Waals surface area contributed by atoms with E-state index in [9.17, 15) is 45.1 Å². The normalized spacial score (nSPS) is 16.6. The Balaban J connectivity index is 1.39. The van der Waals surface area contributed by atoms with Crippen LogP contribution in [0.3, 0.4) is 0 Å². The van der Waals surface area contributed by atoms with Crippen LogP contribution in [0.4, 0.5) is 39.5 Å². The molecule has 0 spiro atoms. The van der Waals surface area contributed by atoms with E-state index in [1.807, 2.05) is 0 Å². The van der Waals surface area contributed by atoms with Crippen LogP contribution in [0.25, 0.3) is 32.0 Å². The van der Waals surface area contributed by atoms with Crippen LogP contribution in [-0.4, -0.2) is 37.5 Å². The van der Waals surface area contributed by atoms with Crippen LogP contribution in [-0.2, 0) is 29.9 Å². The van der Waals surface area contributed by atoms with E-state index >= 15 is 8.78 Å². The minimum Gasteiger partial charge on any atom is -0.366 e. The first-order chi connectivity index (χ1) is 27.6. The van der Waals surface area contributed by atoms with Gasteiger partial charge in [0.15, 0.2) is 11.3 Å². The molecular formula is C39H28F9N7O3S. The lowest BCUT2D eigenvalue weighted by Crippen LogP contribution is -2.35. The number of rotatable bonds is 10. The summed E-state index contributed by atoms with van der Waals surface area (Å²) < 4.78 is 132. The molecule has 0 bridgehead atoms. The predicted octanol–water partition coefficient (Wildman–Crippen LogP) is 7.94. The van der Waals surface area contributed by atoms with Crippen molar-refractivity contribution in [1.82, 2.24) is 25.1 Å². The summed E-state index contributed by atoms with van der Waals surface area (Å²) in [6.07, 6.45) is -5.64. The summed E-state index contributed by atoms with van der Waals surface area (Å²) in [5.74, 6) is -14.0. The standard InChI is InChI=1S/C39H28F9N7O3S/c1-15-16(2)38(44,45)33-30(15)32(39(46,47)48)54-55(33)14-29(56)51-27(9-17-7-20(40)12-21(41)8-17)31-22(18-3-5-25(42)23(10-18)34(49)57)13-28-36(52-31)53-37(59-28)19-4-6-26(43)24(11-19)35(50)58/h3-8,10-13,15-16,27H,9,14H2,1-2H3,(H2,49,57)(H2,50,58)(H,51,56)/t15-,16+,27?/m0/s1. The number of alkyl halides is 5. The SMILES string of the molecule is C[C@@H]1c2c(C(F)(F)F)nn(CC(=O)NC(Cc3cc(F)cc(F)c3)c3nc4nc(-c5ccc(F)c(C(N)=O)c5)sc4cc3-c3ccc(F)c(C(N)=O)c3)c2C(F)(F)[C@@H]1C. The van der Waals surface area contributed by atoms with Crippen LogP contribution in [0, 0.1) is 29.2 Å². The van der Waals surface area contributed by atoms with E-state index in [4.69, 9.17) is 11.5 Å². The Morgan fingerprint density at radius 2 is 1.46 bits per heavy atom. The topological polar surface area (TPSA) is 159 Å². The first kappa shape index (κ1) is 40.9. The van der Waals surface area contributed by atoms with E-state index in [-0.39, 0.29) is 43.3 Å². The van der Waals surface area contributed by atoms with Crippen LogP contribution >= 0.6 is 11.3 Å². The number of thiazole rings is 1. The molecule has 1 aliphatic carbocycles. The highest BCUT2D eigenvalue weighted by molar-refractivity contribution is 7.21. The quantitative estimate of drug-likeness (QED) is 0.119. The number of benzene rings is 3. The highest BCUT2D eigenvalue weighted by Crippen LogP contribution is 2.55. The number of carbonyl (C=O) groups excluding carboxylic acids is 3. The molecule has 0 fully saturated rings. The molecule has 5 N–H and O–H groups in total. The van der Waals surface area contributed by atoms with Crippen LogP contribution in [0.2, 0.25) is 0 Å². The molecule has 1 unspecified atom stereocenters. The second kappa shape index (κ2) is 14.8. The number of aromatic nitrogens is 4. The van der Waals surface area contributed by atoms with Crippen molar-refractivity contribution in [2.45, 2.75) is 50.9 Å². The van der Waals surface area contributed by atoms with Crippen LogP contribution in [0.5, 0.6) is 0 Å². The molecule has 3 amide bonds. The van der Waals surface area contributed by atoms with Gasteiger partial charge in [0.05, 0.1) is 27.6 Å². The van der Waals surface area contributed by atoms with Gasteiger partial charge in [0.1, 0.15) is 40.5 Å². The Kier molecular flexibility index (Phi) is 10.3. The molecule has 7 rings (SSSR count). The first-order valence-corrected chi connectivity index (χ1v) is 18.3. The van der Waals surface area contributed by atoms with Crippen molar-refractivity contribution in [1.29, 1.82) is 0 Å². The summed E-state index contributed by atoms with van der Waals surface area (Å²) in [4.78, 5) is 47.1. The van der Waals surface area contributed by atoms with Crippen LogP contribution < -0.4 is 16.8 Å². The molecule has 3 aromatic heterocycles. The van der Waals surface area contributed by atoms with Crippen LogP contribution in [0.15, 0.2) is 60.7 Å². The summed E-state index contributed by atoms with van der Waals surface area (Å²) in [6, 6.07) is 9.06. The maximum Gasteiger partial charge on any atom is 0.435 e. The van der Waals surface area contributed by atoms with Gasteiger partial charge in [0.25, 0.3) is 17.7 Å². The highest BCUT2D eigenvalue weighted by atomic mass is 32.1. The zero-order chi connectivity index (χ0) is 42.9. The third kappa shape index (κ3) is 7.59. The van der Waals surface area contributed by atoms with Gasteiger partial charge in [-0.1, -0.05) is 19.9 Å². The third-order valence-corrected chi connectivity index (χ3v) is 11.1. The summed E-state index contributed by atoms with van der Waals surface area (Å²) in [5, 5.41) is 6.11. The lowest BCUT2D eigenvalue weighted by molar-refractivity contribution is -0.143. The van der Waals surface area contributed by atoms with Crippen LogP contribution in [0.1, 0.15) is 74.7 Å². The van der Waals surface area contributed by atoms with Crippen molar-refractivity contribution in [2.75, 3.05) is 0 Å². The minimum atomic E-state index is -5.15. The average molecular weight is 846 g/mol. The average Bonchev–Trinajstić information content (AvgIpc) is 3.79. The van der Waals surface area contributed by atoms with E-state index in [0.717, 1.165) is 54.7 Å². The zero-order valence-electron chi connectivity index (χ0n) is 30.4. The monoisotopic (exact) mass is 845 g/mol.